The van der Waals surface area contributed by atoms with Gasteiger partial charge in [0, 0.05) is 21.8 Å². The van der Waals surface area contributed by atoms with Crippen LogP contribution >= 0.6 is 11.6 Å². The van der Waals surface area contributed by atoms with E-state index >= 15 is 0 Å². The van der Waals surface area contributed by atoms with Gasteiger partial charge in [0.25, 0.3) is 5.89 Å². The highest BCUT2D eigenvalue weighted by atomic mass is 35.5. The van der Waals surface area contributed by atoms with Crippen LogP contribution in [0.3, 0.4) is 0 Å². The highest BCUT2D eigenvalue weighted by molar-refractivity contribution is 6.31. The number of hydrogen-bond acceptors (Lipinski definition) is 3. The van der Waals surface area contributed by atoms with Gasteiger partial charge in [-0.05, 0) is 37.1 Å². The Morgan fingerprint density at radius 1 is 1.28 bits per heavy atom. The van der Waals surface area contributed by atoms with Gasteiger partial charge in [-0.25, -0.2) is 0 Å². The van der Waals surface area contributed by atoms with Crippen LogP contribution in [-0.4, -0.2) is 15.1 Å². The Labute approximate surface area is 108 Å². The van der Waals surface area contributed by atoms with Gasteiger partial charge in [-0.3, -0.25) is 0 Å². The van der Waals surface area contributed by atoms with Crippen LogP contribution in [0.5, 0.6) is 0 Å². The molecule has 1 aliphatic carbocycles. The maximum absolute atomic E-state index is 5.96. The average Bonchev–Trinajstić information content (AvgIpc) is 2.95. The van der Waals surface area contributed by atoms with Gasteiger partial charge in [0.1, 0.15) is 5.69 Å². The number of aromatic nitrogens is 3. The summed E-state index contributed by atoms with van der Waals surface area (Å²) in [6.45, 7) is 0. The third-order valence-corrected chi connectivity index (χ3v) is 3.43. The van der Waals surface area contributed by atoms with Crippen molar-refractivity contribution in [1.29, 1.82) is 0 Å². The molecule has 0 saturated heterocycles. The number of H-pyrrole nitrogens is 1. The monoisotopic (exact) mass is 259 g/mol. The number of benzene rings is 1. The zero-order valence-electron chi connectivity index (χ0n) is 9.48. The highest BCUT2D eigenvalue weighted by Gasteiger charge is 2.29. The summed E-state index contributed by atoms with van der Waals surface area (Å²) in [7, 11) is 0. The second-order valence-electron chi connectivity index (χ2n) is 4.65. The van der Waals surface area contributed by atoms with E-state index in [1.807, 2.05) is 24.3 Å². The van der Waals surface area contributed by atoms with E-state index in [-0.39, 0.29) is 0 Å². The number of fused-ring (bicyclic) bond motifs is 1. The normalized spacial score (nSPS) is 15.4. The molecule has 1 saturated carbocycles. The van der Waals surface area contributed by atoms with Crippen LogP contribution in [0.25, 0.3) is 22.5 Å². The van der Waals surface area contributed by atoms with Crippen molar-refractivity contribution in [1.82, 2.24) is 15.1 Å². The number of rotatable bonds is 2. The highest BCUT2D eigenvalue weighted by Crippen LogP contribution is 2.39. The van der Waals surface area contributed by atoms with Crippen molar-refractivity contribution in [3.63, 3.8) is 0 Å². The minimum atomic E-state index is 0.501. The van der Waals surface area contributed by atoms with Crippen LogP contribution in [0, 0.1) is 0 Å². The van der Waals surface area contributed by atoms with E-state index in [2.05, 4.69) is 15.1 Å². The first kappa shape index (κ1) is 10.1. The fraction of sp³-hybridized carbons (Fsp3) is 0.231. The second-order valence-corrected chi connectivity index (χ2v) is 5.08. The Kier molecular flexibility index (Phi) is 2.02. The van der Waals surface area contributed by atoms with E-state index in [0.717, 1.165) is 27.4 Å². The third-order valence-electron chi connectivity index (χ3n) is 3.20. The van der Waals surface area contributed by atoms with Crippen LogP contribution in [0.1, 0.15) is 24.6 Å². The maximum Gasteiger partial charge on any atom is 0.274 e. The van der Waals surface area contributed by atoms with Crippen molar-refractivity contribution in [3.8, 4) is 11.6 Å². The van der Waals surface area contributed by atoms with Gasteiger partial charge < -0.3 is 9.51 Å². The van der Waals surface area contributed by atoms with Gasteiger partial charge in [0.05, 0.1) is 0 Å². The summed E-state index contributed by atoms with van der Waals surface area (Å²) in [5.41, 5.74) is 1.85. The molecule has 2 heterocycles. The largest absolute Gasteiger partial charge is 0.351 e. The molecule has 90 valence electrons. The molecular formula is C13H10ClN3O. The zero-order valence-corrected chi connectivity index (χ0v) is 10.2. The fourth-order valence-corrected chi connectivity index (χ4v) is 2.25. The van der Waals surface area contributed by atoms with E-state index in [1.165, 1.54) is 12.8 Å². The number of aromatic amines is 1. The van der Waals surface area contributed by atoms with E-state index in [4.69, 9.17) is 16.1 Å². The first-order chi connectivity index (χ1) is 8.79. The van der Waals surface area contributed by atoms with Gasteiger partial charge in [-0.15, -0.1) is 0 Å². The van der Waals surface area contributed by atoms with Crippen molar-refractivity contribution in [2.45, 2.75) is 18.8 Å². The van der Waals surface area contributed by atoms with Crippen molar-refractivity contribution >= 4 is 22.5 Å². The second kappa shape index (κ2) is 3.59. The predicted octanol–water partition coefficient (Wildman–Crippen LogP) is 3.75. The molecule has 5 heteroatoms. The van der Waals surface area contributed by atoms with Crippen molar-refractivity contribution < 1.29 is 4.52 Å². The Bertz CT molecular complexity index is 727. The molecule has 0 amide bonds. The van der Waals surface area contributed by atoms with Gasteiger partial charge >= 0.3 is 0 Å². The van der Waals surface area contributed by atoms with Crippen LogP contribution in [0.4, 0.5) is 0 Å². The summed E-state index contributed by atoms with van der Waals surface area (Å²) in [6, 6.07) is 7.69. The van der Waals surface area contributed by atoms with Crippen LogP contribution in [-0.2, 0) is 0 Å². The summed E-state index contributed by atoms with van der Waals surface area (Å²) in [4.78, 5) is 7.68. The van der Waals surface area contributed by atoms with E-state index in [0.29, 0.717) is 11.8 Å². The van der Waals surface area contributed by atoms with Gasteiger partial charge in [0.15, 0.2) is 5.82 Å². The smallest absolute Gasteiger partial charge is 0.274 e. The molecule has 1 aliphatic rings. The minimum absolute atomic E-state index is 0.501. The summed E-state index contributed by atoms with van der Waals surface area (Å²) >= 11 is 5.96. The zero-order chi connectivity index (χ0) is 12.1. The number of nitrogens with one attached hydrogen (secondary N) is 1. The standard InChI is InChI=1S/C13H10ClN3O/c14-9-3-4-10-8(5-9)6-11(15-10)13-16-12(17-18-13)7-1-2-7/h3-7,15H,1-2H2. The Hall–Kier alpha value is -1.81. The Morgan fingerprint density at radius 3 is 3.00 bits per heavy atom. The number of halogens is 1. The van der Waals surface area contributed by atoms with Gasteiger partial charge in [-0.1, -0.05) is 16.8 Å². The van der Waals surface area contributed by atoms with Crippen molar-refractivity contribution in [2.75, 3.05) is 0 Å². The average molecular weight is 260 g/mol. The lowest BCUT2D eigenvalue weighted by molar-refractivity contribution is 0.422. The Balaban J connectivity index is 1.80. The molecule has 18 heavy (non-hydrogen) atoms. The summed E-state index contributed by atoms with van der Waals surface area (Å²) in [5.74, 6) is 1.87. The topological polar surface area (TPSA) is 54.7 Å². The molecule has 2 aromatic heterocycles. The SMILES string of the molecule is Clc1ccc2[nH]c(-c3nc(C4CC4)no3)cc2c1. The maximum atomic E-state index is 5.96. The van der Waals surface area contributed by atoms with E-state index < -0.39 is 0 Å². The van der Waals surface area contributed by atoms with Crippen LogP contribution in [0.15, 0.2) is 28.8 Å². The van der Waals surface area contributed by atoms with Gasteiger partial charge in [0.2, 0.25) is 0 Å². The molecule has 0 bridgehead atoms. The van der Waals surface area contributed by atoms with E-state index in [1.54, 1.807) is 0 Å². The number of nitrogens with zero attached hydrogens (tertiary/aromatic N) is 2. The van der Waals surface area contributed by atoms with Crippen LogP contribution in [0.2, 0.25) is 5.02 Å². The molecule has 1 N–H and O–H groups in total. The fourth-order valence-electron chi connectivity index (χ4n) is 2.07. The lowest BCUT2D eigenvalue weighted by Crippen LogP contribution is -1.81. The summed E-state index contributed by atoms with van der Waals surface area (Å²) < 4.78 is 5.29. The van der Waals surface area contributed by atoms with Crippen molar-refractivity contribution in [3.05, 3.63) is 35.1 Å². The van der Waals surface area contributed by atoms with Crippen molar-refractivity contribution in [2.24, 2.45) is 0 Å². The molecule has 1 aromatic carbocycles. The molecular weight excluding hydrogens is 250 g/mol. The molecule has 1 fully saturated rings. The molecule has 4 rings (SSSR count). The molecule has 4 nitrogen and oxygen atoms in total. The quantitative estimate of drug-likeness (QED) is 0.763. The minimum Gasteiger partial charge on any atom is -0.351 e. The molecule has 3 aromatic rings. The molecule has 0 spiro atoms. The number of hydrogen-bond donors (Lipinski definition) is 1. The molecule has 0 aliphatic heterocycles. The summed E-state index contributed by atoms with van der Waals surface area (Å²) in [5, 5.41) is 5.77. The van der Waals surface area contributed by atoms with Gasteiger partial charge in [-0.2, -0.15) is 4.98 Å². The molecule has 0 radical (unpaired) electrons. The molecule has 0 unspecified atom stereocenters. The lowest BCUT2D eigenvalue weighted by atomic mass is 10.2. The van der Waals surface area contributed by atoms with E-state index in [9.17, 15) is 0 Å². The summed E-state index contributed by atoms with van der Waals surface area (Å²) in [6.07, 6.45) is 2.34. The third kappa shape index (κ3) is 1.61. The first-order valence-electron chi connectivity index (χ1n) is 5.92. The Morgan fingerprint density at radius 2 is 2.17 bits per heavy atom. The lowest BCUT2D eigenvalue weighted by Gasteiger charge is -1.88. The van der Waals surface area contributed by atoms with Crippen LogP contribution < -0.4 is 0 Å². The predicted molar refractivity (Wildman–Crippen MR) is 68.6 cm³/mol. The first-order valence-corrected chi connectivity index (χ1v) is 6.30. The molecule has 0 atom stereocenters.